The van der Waals surface area contributed by atoms with Crippen LogP contribution in [-0.2, 0) is 11.3 Å². The minimum Gasteiger partial charge on any atom is -0.352 e. The van der Waals surface area contributed by atoms with E-state index in [-0.39, 0.29) is 18.2 Å². The lowest BCUT2D eigenvalue weighted by Gasteiger charge is -2.12. The Morgan fingerprint density at radius 1 is 1.24 bits per heavy atom. The van der Waals surface area contributed by atoms with Crippen LogP contribution in [0.4, 0.5) is 0 Å². The summed E-state index contributed by atoms with van der Waals surface area (Å²) in [5.41, 5.74) is 1.61. The highest BCUT2D eigenvalue weighted by molar-refractivity contribution is 6.07. The fraction of sp³-hybridized carbons (Fsp3) is 0.412. The summed E-state index contributed by atoms with van der Waals surface area (Å²) in [5, 5.41) is 4.00. The van der Waals surface area contributed by atoms with Gasteiger partial charge in [-0.15, -0.1) is 0 Å². The third-order valence-corrected chi connectivity index (χ3v) is 4.20. The molecule has 0 spiro atoms. The molecule has 1 aliphatic rings. The second-order valence-corrected chi connectivity index (χ2v) is 5.79. The van der Waals surface area contributed by atoms with Gasteiger partial charge in [-0.2, -0.15) is 0 Å². The summed E-state index contributed by atoms with van der Waals surface area (Å²) < 4.78 is 1.87. The van der Waals surface area contributed by atoms with Crippen molar-refractivity contribution in [1.82, 2.24) is 9.88 Å². The highest BCUT2D eigenvalue weighted by Crippen LogP contribution is 2.22. The van der Waals surface area contributed by atoms with Crippen LogP contribution in [0.3, 0.4) is 0 Å². The normalized spacial score (nSPS) is 15.5. The highest BCUT2D eigenvalue weighted by Gasteiger charge is 2.18. The van der Waals surface area contributed by atoms with Crippen molar-refractivity contribution in [3.05, 3.63) is 36.0 Å². The number of para-hydroxylation sites is 1. The number of hydrogen-bond acceptors (Lipinski definition) is 2. The van der Waals surface area contributed by atoms with Gasteiger partial charge < -0.3 is 9.88 Å². The van der Waals surface area contributed by atoms with E-state index >= 15 is 0 Å². The number of fused-ring (bicyclic) bond motifs is 1. The van der Waals surface area contributed by atoms with E-state index in [2.05, 4.69) is 5.32 Å². The number of nitrogens with zero attached hydrogens (tertiary/aromatic N) is 1. The van der Waals surface area contributed by atoms with Crippen molar-refractivity contribution in [3.63, 3.8) is 0 Å². The molecule has 0 aliphatic heterocycles. The molecule has 1 aromatic carbocycles. The molecule has 1 fully saturated rings. The number of carbonyl (C=O) groups excluding carboxylic acids is 2. The Bertz CT molecular complexity index is 681. The number of aromatic nitrogens is 1. The van der Waals surface area contributed by atoms with E-state index in [4.69, 9.17) is 0 Å². The molecule has 3 rings (SSSR count). The van der Waals surface area contributed by atoms with Crippen LogP contribution in [0.5, 0.6) is 0 Å². The van der Waals surface area contributed by atoms with Crippen molar-refractivity contribution < 1.29 is 9.59 Å². The molecule has 21 heavy (non-hydrogen) atoms. The summed E-state index contributed by atoms with van der Waals surface area (Å²) in [4.78, 5) is 23.9. The van der Waals surface area contributed by atoms with Crippen molar-refractivity contribution >= 4 is 22.6 Å². The number of nitrogens with one attached hydrogen (secondary N) is 1. The molecule has 1 saturated carbocycles. The van der Waals surface area contributed by atoms with Gasteiger partial charge in [-0.3, -0.25) is 9.59 Å². The summed E-state index contributed by atoms with van der Waals surface area (Å²) in [6, 6.07) is 8.05. The second kappa shape index (κ2) is 5.72. The van der Waals surface area contributed by atoms with Crippen LogP contribution >= 0.6 is 0 Å². The number of Topliss-reactive ketones (excluding diaryl/α,β-unsaturated/α-hetero) is 1. The number of ketones is 1. The van der Waals surface area contributed by atoms with E-state index in [1.165, 1.54) is 12.8 Å². The molecule has 4 nitrogen and oxygen atoms in total. The topological polar surface area (TPSA) is 51.1 Å². The molecule has 0 unspecified atom stereocenters. The Kier molecular flexibility index (Phi) is 3.78. The van der Waals surface area contributed by atoms with Gasteiger partial charge in [0.05, 0.1) is 0 Å². The first-order valence-corrected chi connectivity index (χ1v) is 7.53. The summed E-state index contributed by atoms with van der Waals surface area (Å²) in [6.45, 7) is 1.83. The minimum absolute atomic E-state index is 0.0257. The zero-order chi connectivity index (χ0) is 14.8. The maximum Gasteiger partial charge on any atom is 0.240 e. The number of benzene rings is 1. The molecule has 1 heterocycles. The van der Waals surface area contributed by atoms with Crippen LogP contribution < -0.4 is 5.32 Å². The molecule has 1 aromatic heterocycles. The van der Waals surface area contributed by atoms with Crippen LogP contribution in [0.15, 0.2) is 30.5 Å². The van der Waals surface area contributed by atoms with E-state index < -0.39 is 0 Å². The molecule has 2 aromatic rings. The predicted octanol–water partition coefficient (Wildman–Crippen LogP) is 2.90. The Hall–Kier alpha value is -2.10. The van der Waals surface area contributed by atoms with Gasteiger partial charge in [0.25, 0.3) is 0 Å². The summed E-state index contributed by atoms with van der Waals surface area (Å²) in [7, 11) is 0. The Labute approximate surface area is 124 Å². The molecule has 4 heteroatoms. The van der Waals surface area contributed by atoms with Gasteiger partial charge in [0.15, 0.2) is 5.78 Å². The quantitative estimate of drug-likeness (QED) is 0.878. The zero-order valence-electron chi connectivity index (χ0n) is 12.3. The molecule has 1 aliphatic carbocycles. The van der Waals surface area contributed by atoms with Crippen LogP contribution in [0.2, 0.25) is 0 Å². The van der Waals surface area contributed by atoms with E-state index in [0.717, 1.165) is 23.7 Å². The smallest absolute Gasteiger partial charge is 0.240 e. The summed E-state index contributed by atoms with van der Waals surface area (Å²) in [5.74, 6) is 0.0545. The van der Waals surface area contributed by atoms with Gasteiger partial charge in [-0.25, -0.2) is 0 Å². The lowest BCUT2D eigenvalue weighted by Crippen LogP contribution is -2.35. The minimum atomic E-state index is 0.0257. The summed E-state index contributed by atoms with van der Waals surface area (Å²) >= 11 is 0. The standard InChI is InChI=1S/C17H20N2O2/c1-12(20)15-10-19(16-9-5-4-8-14(15)16)11-17(21)18-13-6-2-3-7-13/h4-5,8-10,13H,2-3,6-7,11H2,1H3,(H,18,21). The van der Waals surface area contributed by atoms with E-state index in [1.807, 2.05) is 28.8 Å². The molecule has 0 saturated heterocycles. The van der Waals surface area contributed by atoms with Gasteiger partial charge in [0.1, 0.15) is 6.54 Å². The number of amides is 1. The molecular weight excluding hydrogens is 264 g/mol. The fourth-order valence-electron chi connectivity index (χ4n) is 3.16. The molecule has 0 atom stereocenters. The van der Waals surface area contributed by atoms with Crippen LogP contribution in [0.1, 0.15) is 43.0 Å². The molecule has 0 radical (unpaired) electrons. The van der Waals surface area contributed by atoms with Crippen LogP contribution in [0, 0.1) is 0 Å². The number of hydrogen-bond donors (Lipinski definition) is 1. The third kappa shape index (κ3) is 2.84. The van der Waals surface area contributed by atoms with Gasteiger partial charge in [0, 0.05) is 28.7 Å². The van der Waals surface area contributed by atoms with Crippen molar-refractivity contribution in [2.24, 2.45) is 0 Å². The van der Waals surface area contributed by atoms with Crippen molar-refractivity contribution in [3.8, 4) is 0 Å². The lowest BCUT2D eigenvalue weighted by atomic mass is 10.1. The van der Waals surface area contributed by atoms with Crippen molar-refractivity contribution in [2.45, 2.75) is 45.2 Å². The Morgan fingerprint density at radius 3 is 2.67 bits per heavy atom. The average molecular weight is 284 g/mol. The van der Waals surface area contributed by atoms with Gasteiger partial charge >= 0.3 is 0 Å². The van der Waals surface area contributed by atoms with Gasteiger partial charge in [-0.1, -0.05) is 31.0 Å². The second-order valence-electron chi connectivity index (χ2n) is 5.79. The average Bonchev–Trinajstić information content (AvgIpc) is 3.07. The van der Waals surface area contributed by atoms with Gasteiger partial charge in [0.2, 0.25) is 5.91 Å². The first-order chi connectivity index (χ1) is 10.1. The lowest BCUT2D eigenvalue weighted by molar-refractivity contribution is -0.122. The largest absolute Gasteiger partial charge is 0.352 e. The molecule has 110 valence electrons. The Balaban J connectivity index is 1.83. The van der Waals surface area contributed by atoms with E-state index in [0.29, 0.717) is 11.6 Å². The number of carbonyl (C=O) groups is 2. The summed E-state index contributed by atoms with van der Waals surface area (Å²) in [6.07, 6.45) is 6.35. The molecule has 1 amide bonds. The first kappa shape index (κ1) is 13.9. The first-order valence-electron chi connectivity index (χ1n) is 7.53. The predicted molar refractivity (Wildman–Crippen MR) is 82.3 cm³/mol. The van der Waals surface area contributed by atoms with Crippen LogP contribution in [0.25, 0.3) is 10.9 Å². The van der Waals surface area contributed by atoms with Crippen LogP contribution in [-0.4, -0.2) is 22.3 Å². The maximum absolute atomic E-state index is 12.2. The Morgan fingerprint density at radius 2 is 1.95 bits per heavy atom. The fourth-order valence-corrected chi connectivity index (χ4v) is 3.16. The van der Waals surface area contributed by atoms with Crippen molar-refractivity contribution in [2.75, 3.05) is 0 Å². The number of rotatable bonds is 4. The third-order valence-electron chi connectivity index (χ3n) is 4.20. The maximum atomic E-state index is 12.2. The SMILES string of the molecule is CC(=O)c1cn(CC(=O)NC2CCCC2)c2ccccc12. The van der Waals surface area contributed by atoms with E-state index in [9.17, 15) is 9.59 Å². The zero-order valence-corrected chi connectivity index (χ0v) is 12.3. The highest BCUT2D eigenvalue weighted by atomic mass is 16.2. The van der Waals surface area contributed by atoms with Gasteiger partial charge in [-0.05, 0) is 25.8 Å². The molecule has 0 bridgehead atoms. The molecule has 1 N–H and O–H groups in total. The molecular formula is C17H20N2O2. The van der Waals surface area contributed by atoms with Crippen molar-refractivity contribution in [1.29, 1.82) is 0 Å². The monoisotopic (exact) mass is 284 g/mol. The van der Waals surface area contributed by atoms with E-state index in [1.54, 1.807) is 13.1 Å².